The van der Waals surface area contributed by atoms with Gasteiger partial charge in [-0.3, -0.25) is 9.78 Å². The number of ketones is 1. The molecule has 0 fully saturated rings. The van der Waals surface area contributed by atoms with Gasteiger partial charge in [-0.2, -0.15) is 0 Å². The zero-order valence-electron chi connectivity index (χ0n) is 9.67. The highest BCUT2D eigenvalue weighted by molar-refractivity contribution is 6.46. The zero-order chi connectivity index (χ0) is 11.9. The van der Waals surface area contributed by atoms with Crippen molar-refractivity contribution in [2.24, 2.45) is 0 Å². The molecule has 0 amide bonds. The van der Waals surface area contributed by atoms with Gasteiger partial charge in [0.25, 0.3) is 0 Å². The summed E-state index contributed by atoms with van der Waals surface area (Å²) in [5.74, 6) is 0.420. The Kier molecular flexibility index (Phi) is 2.85. The van der Waals surface area contributed by atoms with Gasteiger partial charge in [-0.05, 0) is 29.5 Å². The number of hydrogen-bond donors (Lipinski definition) is 0. The minimum absolute atomic E-state index is 0.00521. The van der Waals surface area contributed by atoms with Gasteiger partial charge in [0.1, 0.15) is 0 Å². The lowest BCUT2D eigenvalue weighted by atomic mass is 9.92. The topological polar surface area (TPSA) is 30.0 Å². The molecule has 2 nitrogen and oxygen atoms in total. The maximum Gasteiger partial charge on any atom is 0.178 e. The van der Waals surface area contributed by atoms with Crippen molar-refractivity contribution in [3.05, 3.63) is 34.1 Å². The van der Waals surface area contributed by atoms with Crippen LogP contribution in [0.2, 0.25) is 0 Å². The minimum Gasteiger partial charge on any atom is -0.293 e. The van der Waals surface area contributed by atoms with E-state index in [1.807, 2.05) is 13.1 Å². The minimum atomic E-state index is -0.00521. The van der Waals surface area contributed by atoms with Gasteiger partial charge >= 0.3 is 0 Å². The van der Waals surface area contributed by atoms with Crippen LogP contribution in [0.25, 0.3) is 5.57 Å². The monoisotopic (exact) mass is 235 g/mol. The van der Waals surface area contributed by atoms with Crippen molar-refractivity contribution in [2.75, 3.05) is 0 Å². The molecule has 0 saturated heterocycles. The molecule has 0 bridgehead atoms. The molecule has 0 aromatic carbocycles. The van der Waals surface area contributed by atoms with Crippen LogP contribution < -0.4 is 0 Å². The van der Waals surface area contributed by atoms with Crippen molar-refractivity contribution >= 4 is 23.0 Å². The van der Waals surface area contributed by atoms with Crippen LogP contribution in [0.1, 0.15) is 43.5 Å². The molecule has 0 spiro atoms. The van der Waals surface area contributed by atoms with Crippen LogP contribution in [0.15, 0.2) is 17.3 Å². The summed E-state index contributed by atoms with van der Waals surface area (Å²) in [4.78, 5) is 16.0. The summed E-state index contributed by atoms with van der Waals surface area (Å²) in [5.41, 5.74) is 3.83. The van der Waals surface area contributed by atoms with Crippen LogP contribution in [-0.4, -0.2) is 10.8 Å². The predicted octanol–water partition coefficient (Wildman–Crippen LogP) is 3.30. The van der Waals surface area contributed by atoms with E-state index >= 15 is 0 Å². The van der Waals surface area contributed by atoms with E-state index in [9.17, 15) is 4.79 Å². The fourth-order valence-corrected chi connectivity index (χ4v) is 2.04. The third-order valence-corrected chi connectivity index (χ3v) is 3.43. The summed E-state index contributed by atoms with van der Waals surface area (Å²) in [5, 5.41) is 0.331. The maximum atomic E-state index is 11.6. The molecule has 0 atom stereocenters. The van der Waals surface area contributed by atoms with Crippen LogP contribution in [-0.2, 0) is 11.2 Å². The number of allylic oxidation sites excluding steroid dienone is 2. The Bertz CT molecular complexity index is 489. The van der Waals surface area contributed by atoms with E-state index in [0.717, 1.165) is 22.4 Å². The summed E-state index contributed by atoms with van der Waals surface area (Å²) in [6.45, 7) is 6.08. The number of hydrogen-bond acceptors (Lipinski definition) is 2. The molecule has 1 aromatic rings. The van der Waals surface area contributed by atoms with Crippen molar-refractivity contribution in [1.82, 2.24) is 4.98 Å². The largest absolute Gasteiger partial charge is 0.293 e. The molecule has 3 heteroatoms. The third kappa shape index (κ3) is 1.78. The average molecular weight is 236 g/mol. The zero-order valence-corrected chi connectivity index (χ0v) is 10.4. The van der Waals surface area contributed by atoms with Gasteiger partial charge in [-0.15, -0.1) is 0 Å². The Morgan fingerprint density at radius 2 is 2.12 bits per heavy atom. The quantitative estimate of drug-likeness (QED) is 0.748. The highest BCUT2D eigenvalue weighted by Crippen LogP contribution is 2.31. The second kappa shape index (κ2) is 4.02. The fraction of sp³-hybridized carbons (Fsp3) is 0.385. The Balaban J connectivity index is 2.56. The molecule has 2 rings (SSSR count). The van der Waals surface area contributed by atoms with Gasteiger partial charge in [-0.1, -0.05) is 31.5 Å². The lowest BCUT2D eigenvalue weighted by Crippen LogP contribution is -2.14. The fourth-order valence-electron chi connectivity index (χ4n) is 1.88. The van der Waals surface area contributed by atoms with E-state index in [4.69, 9.17) is 11.6 Å². The van der Waals surface area contributed by atoms with Crippen molar-refractivity contribution in [2.45, 2.75) is 33.1 Å². The smallest absolute Gasteiger partial charge is 0.178 e. The predicted molar refractivity (Wildman–Crippen MR) is 65.5 cm³/mol. The molecule has 0 saturated carbocycles. The Hall–Kier alpha value is -1.15. The van der Waals surface area contributed by atoms with Crippen molar-refractivity contribution in [1.29, 1.82) is 0 Å². The molecule has 1 heterocycles. The molecule has 1 aromatic heterocycles. The molecule has 0 radical (unpaired) electrons. The number of rotatable bonds is 1. The molecule has 0 unspecified atom stereocenters. The van der Waals surface area contributed by atoms with Crippen molar-refractivity contribution in [3.8, 4) is 0 Å². The Labute approximate surface area is 100 Å². The molecule has 1 aliphatic rings. The summed E-state index contributed by atoms with van der Waals surface area (Å²) in [6, 6.07) is 2.07. The third-order valence-electron chi connectivity index (χ3n) is 2.93. The van der Waals surface area contributed by atoms with E-state index in [0.29, 0.717) is 17.4 Å². The van der Waals surface area contributed by atoms with E-state index in [-0.39, 0.29) is 5.78 Å². The maximum absolute atomic E-state index is 11.6. The standard InChI is InChI=1S/C13H14ClNO/c1-7(2)10-4-9-5-11(16)12(14)8(3)13(9)15-6-10/h4,6-7H,5H2,1-3H3. The number of carbonyl (C=O) groups excluding carboxylic acids is 1. The molecule has 16 heavy (non-hydrogen) atoms. The summed E-state index contributed by atoms with van der Waals surface area (Å²) in [6.07, 6.45) is 2.24. The molecular weight excluding hydrogens is 222 g/mol. The number of Topliss-reactive ketones (excluding diaryl/α,β-unsaturated/α-hetero) is 1. The number of halogens is 1. The van der Waals surface area contributed by atoms with Gasteiger partial charge in [0.2, 0.25) is 0 Å². The highest BCUT2D eigenvalue weighted by Gasteiger charge is 2.23. The molecule has 0 aliphatic heterocycles. The average Bonchev–Trinajstić information content (AvgIpc) is 2.25. The second-order valence-electron chi connectivity index (χ2n) is 4.47. The number of pyridine rings is 1. The normalized spacial score (nSPS) is 15.7. The number of aromatic nitrogens is 1. The van der Waals surface area contributed by atoms with E-state index < -0.39 is 0 Å². The number of nitrogens with zero attached hydrogens (tertiary/aromatic N) is 1. The number of carbonyl (C=O) groups is 1. The number of fused-ring (bicyclic) bond motifs is 1. The van der Waals surface area contributed by atoms with Crippen LogP contribution in [0.4, 0.5) is 0 Å². The first-order valence-electron chi connectivity index (χ1n) is 5.39. The Morgan fingerprint density at radius 3 is 2.75 bits per heavy atom. The summed E-state index contributed by atoms with van der Waals surface area (Å²) in [7, 11) is 0. The first-order valence-corrected chi connectivity index (χ1v) is 5.77. The van der Waals surface area contributed by atoms with Gasteiger partial charge in [-0.25, -0.2) is 0 Å². The van der Waals surface area contributed by atoms with Crippen LogP contribution in [0.3, 0.4) is 0 Å². The highest BCUT2D eigenvalue weighted by atomic mass is 35.5. The van der Waals surface area contributed by atoms with E-state index in [1.165, 1.54) is 0 Å². The van der Waals surface area contributed by atoms with E-state index in [2.05, 4.69) is 24.9 Å². The Morgan fingerprint density at radius 1 is 1.44 bits per heavy atom. The van der Waals surface area contributed by atoms with Crippen LogP contribution in [0, 0.1) is 0 Å². The van der Waals surface area contributed by atoms with Gasteiger partial charge in [0, 0.05) is 12.6 Å². The summed E-state index contributed by atoms with van der Waals surface area (Å²) < 4.78 is 0. The summed E-state index contributed by atoms with van der Waals surface area (Å²) >= 11 is 5.94. The van der Waals surface area contributed by atoms with E-state index in [1.54, 1.807) is 0 Å². The SMILES string of the molecule is CC1=C(Cl)C(=O)Cc2cc(C(C)C)cnc21. The second-order valence-corrected chi connectivity index (χ2v) is 4.85. The lowest BCUT2D eigenvalue weighted by Gasteiger charge is -2.17. The molecule has 84 valence electrons. The van der Waals surface area contributed by atoms with Crippen molar-refractivity contribution < 1.29 is 4.79 Å². The van der Waals surface area contributed by atoms with Gasteiger partial charge in [0.05, 0.1) is 10.7 Å². The van der Waals surface area contributed by atoms with Crippen LogP contribution >= 0.6 is 11.6 Å². The molecular formula is C13H14ClNO. The molecule has 0 N–H and O–H groups in total. The molecule has 1 aliphatic carbocycles. The van der Waals surface area contributed by atoms with Crippen LogP contribution in [0.5, 0.6) is 0 Å². The first-order chi connectivity index (χ1) is 7.50. The van der Waals surface area contributed by atoms with Gasteiger partial charge in [0.15, 0.2) is 5.78 Å². The van der Waals surface area contributed by atoms with Gasteiger partial charge < -0.3 is 0 Å². The van der Waals surface area contributed by atoms with Crippen molar-refractivity contribution in [3.63, 3.8) is 0 Å². The first kappa shape index (κ1) is 11.3. The lowest BCUT2D eigenvalue weighted by molar-refractivity contribution is -0.114.